The topological polar surface area (TPSA) is 72.3 Å². The van der Waals surface area contributed by atoms with Crippen molar-refractivity contribution in [1.82, 2.24) is 5.16 Å². The van der Waals surface area contributed by atoms with Crippen molar-refractivity contribution >= 4 is 16.8 Å². The number of aromatic nitrogens is 1. The van der Waals surface area contributed by atoms with Crippen LogP contribution in [0.4, 0.5) is 5.82 Å². The number of phenolic OH excluding ortho intramolecular Hbond substituents is 1. The van der Waals surface area contributed by atoms with E-state index >= 15 is 0 Å². The molecule has 0 saturated heterocycles. The van der Waals surface area contributed by atoms with Gasteiger partial charge in [0.1, 0.15) is 5.75 Å². The molecule has 0 aliphatic heterocycles. The van der Waals surface area contributed by atoms with Gasteiger partial charge in [-0.2, -0.15) is 0 Å². The van der Waals surface area contributed by atoms with Crippen molar-refractivity contribution in [2.24, 2.45) is 0 Å². The summed E-state index contributed by atoms with van der Waals surface area (Å²) in [6.45, 7) is 0. The van der Waals surface area contributed by atoms with E-state index in [9.17, 15) is 0 Å². The largest absolute Gasteiger partial charge is 0.508 e. The van der Waals surface area contributed by atoms with Gasteiger partial charge in [-0.25, -0.2) is 0 Å². The summed E-state index contributed by atoms with van der Waals surface area (Å²) in [4.78, 5) is 0. The fraction of sp³-hybridized carbons (Fsp3) is 0. The number of benzene rings is 1. The molecule has 0 saturated carbocycles. The maximum atomic E-state index is 9.05. The number of hydrogen-bond acceptors (Lipinski definition) is 4. The van der Waals surface area contributed by atoms with Gasteiger partial charge in [0.2, 0.25) is 0 Å². The molecule has 0 fully saturated rings. The second-order valence-corrected chi connectivity index (χ2v) is 2.25. The third-order valence-corrected chi connectivity index (χ3v) is 1.48. The normalized spacial score (nSPS) is 10.5. The van der Waals surface area contributed by atoms with E-state index in [1.807, 2.05) is 0 Å². The zero-order chi connectivity index (χ0) is 7.84. The minimum atomic E-state index is 0.160. The van der Waals surface area contributed by atoms with Crippen LogP contribution in [-0.4, -0.2) is 10.3 Å². The van der Waals surface area contributed by atoms with Crippen LogP contribution in [0.25, 0.3) is 11.0 Å². The number of nitrogen functional groups attached to an aromatic ring is 1. The van der Waals surface area contributed by atoms with Gasteiger partial charge in [-0.3, -0.25) is 0 Å². The van der Waals surface area contributed by atoms with Gasteiger partial charge in [0, 0.05) is 0 Å². The predicted octanol–water partition coefficient (Wildman–Crippen LogP) is 1.12. The predicted molar refractivity (Wildman–Crippen MR) is 40.1 cm³/mol. The molecule has 0 radical (unpaired) electrons. The average molecular weight is 150 g/mol. The van der Waals surface area contributed by atoms with E-state index in [1.165, 1.54) is 12.1 Å². The number of hydrogen-bond donors (Lipinski definition) is 2. The molecule has 3 N–H and O–H groups in total. The number of phenols is 1. The molecule has 0 amide bonds. The van der Waals surface area contributed by atoms with Crippen LogP contribution in [0.2, 0.25) is 0 Å². The van der Waals surface area contributed by atoms with Crippen LogP contribution < -0.4 is 5.73 Å². The molecule has 2 rings (SSSR count). The molecule has 4 heteroatoms. The molecule has 2 aromatic rings. The molecular formula is C7H6N2O2. The molecule has 0 aliphatic rings. The van der Waals surface area contributed by atoms with Crippen molar-refractivity contribution in [3.8, 4) is 5.75 Å². The fourth-order valence-corrected chi connectivity index (χ4v) is 0.945. The first-order chi connectivity index (χ1) is 5.27. The molecule has 0 atom stereocenters. The van der Waals surface area contributed by atoms with Gasteiger partial charge < -0.3 is 15.4 Å². The van der Waals surface area contributed by atoms with Crippen molar-refractivity contribution in [3.05, 3.63) is 18.2 Å². The number of anilines is 1. The second kappa shape index (κ2) is 1.88. The summed E-state index contributed by atoms with van der Waals surface area (Å²) in [7, 11) is 0. The highest BCUT2D eigenvalue weighted by Gasteiger charge is 2.03. The van der Waals surface area contributed by atoms with Crippen LogP contribution in [0.5, 0.6) is 5.75 Å². The van der Waals surface area contributed by atoms with Crippen molar-refractivity contribution < 1.29 is 9.63 Å². The van der Waals surface area contributed by atoms with E-state index in [-0.39, 0.29) is 5.75 Å². The highest BCUT2D eigenvalue weighted by atomic mass is 16.5. The maximum absolute atomic E-state index is 9.05. The van der Waals surface area contributed by atoms with Crippen LogP contribution in [0.3, 0.4) is 0 Å². The van der Waals surface area contributed by atoms with Gasteiger partial charge in [0.05, 0.1) is 5.39 Å². The summed E-state index contributed by atoms with van der Waals surface area (Å²) in [6.07, 6.45) is 0. The smallest absolute Gasteiger partial charge is 0.174 e. The Bertz CT molecular complexity index is 394. The third-order valence-electron chi connectivity index (χ3n) is 1.48. The van der Waals surface area contributed by atoms with Crippen LogP contribution in [0, 0.1) is 0 Å². The van der Waals surface area contributed by atoms with Gasteiger partial charge >= 0.3 is 0 Å². The highest BCUT2D eigenvalue weighted by Crippen LogP contribution is 2.23. The van der Waals surface area contributed by atoms with Gasteiger partial charge in [-0.15, -0.1) is 0 Å². The lowest BCUT2D eigenvalue weighted by molar-refractivity contribution is 0.458. The van der Waals surface area contributed by atoms with Crippen LogP contribution in [-0.2, 0) is 0 Å². The average Bonchev–Trinajstić information content (AvgIpc) is 2.33. The van der Waals surface area contributed by atoms with E-state index < -0.39 is 0 Å². The Morgan fingerprint density at radius 3 is 3.09 bits per heavy atom. The van der Waals surface area contributed by atoms with E-state index in [0.29, 0.717) is 16.8 Å². The molecule has 4 nitrogen and oxygen atoms in total. The maximum Gasteiger partial charge on any atom is 0.174 e. The molecule has 0 aliphatic carbocycles. The first-order valence-electron chi connectivity index (χ1n) is 3.11. The molecule has 0 unspecified atom stereocenters. The highest BCUT2D eigenvalue weighted by molar-refractivity contribution is 5.87. The van der Waals surface area contributed by atoms with Crippen molar-refractivity contribution in [3.63, 3.8) is 0 Å². The minimum absolute atomic E-state index is 0.160. The molecule has 1 aromatic carbocycles. The van der Waals surface area contributed by atoms with E-state index in [2.05, 4.69) is 5.16 Å². The summed E-state index contributed by atoms with van der Waals surface area (Å²) >= 11 is 0. The lowest BCUT2D eigenvalue weighted by atomic mass is 10.2. The molecule has 0 spiro atoms. The molecule has 0 bridgehead atoms. The van der Waals surface area contributed by atoms with E-state index in [0.717, 1.165) is 0 Å². The lowest BCUT2D eigenvalue weighted by Crippen LogP contribution is -1.82. The fourth-order valence-electron chi connectivity index (χ4n) is 0.945. The van der Waals surface area contributed by atoms with E-state index in [1.54, 1.807) is 6.07 Å². The summed E-state index contributed by atoms with van der Waals surface area (Å²) < 4.78 is 4.82. The Hall–Kier alpha value is -1.71. The Morgan fingerprint density at radius 2 is 2.27 bits per heavy atom. The molecule has 11 heavy (non-hydrogen) atoms. The monoisotopic (exact) mass is 150 g/mol. The summed E-state index contributed by atoms with van der Waals surface area (Å²) in [5.41, 5.74) is 6.01. The standard InChI is InChI=1S/C7H6N2O2/c8-7-5-3-4(10)1-2-6(5)11-9-7/h1-3,10H,(H2,8,9). The molecule has 1 aromatic heterocycles. The first-order valence-corrected chi connectivity index (χ1v) is 3.11. The number of fused-ring (bicyclic) bond motifs is 1. The van der Waals surface area contributed by atoms with E-state index in [4.69, 9.17) is 15.4 Å². The Balaban J connectivity index is 2.87. The minimum Gasteiger partial charge on any atom is -0.508 e. The Labute approximate surface area is 62.2 Å². The number of aromatic hydroxyl groups is 1. The zero-order valence-electron chi connectivity index (χ0n) is 5.61. The van der Waals surface area contributed by atoms with Crippen LogP contribution in [0.15, 0.2) is 22.7 Å². The lowest BCUT2D eigenvalue weighted by Gasteiger charge is -1.88. The zero-order valence-corrected chi connectivity index (χ0v) is 5.61. The summed E-state index contributed by atoms with van der Waals surface area (Å²) in [5.74, 6) is 0.461. The van der Waals surface area contributed by atoms with Crippen molar-refractivity contribution in [2.75, 3.05) is 5.73 Å². The third kappa shape index (κ3) is 0.797. The molecule has 56 valence electrons. The first kappa shape index (κ1) is 6.03. The Kier molecular flexibility index (Phi) is 1.03. The Morgan fingerprint density at radius 1 is 1.45 bits per heavy atom. The number of rotatable bonds is 0. The van der Waals surface area contributed by atoms with Gasteiger partial charge in [-0.1, -0.05) is 5.16 Å². The SMILES string of the molecule is Nc1noc2ccc(O)cc12. The number of nitrogens with two attached hydrogens (primary N) is 1. The van der Waals surface area contributed by atoms with Crippen molar-refractivity contribution in [2.45, 2.75) is 0 Å². The number of nitrogens with zero attached hydrogens (tertiary/aromatic N) is 1. The van der Waals surface area contributed by atoms with Crippen LogP contribution >= 0.6 is 0 Å². The van der Waals surface area contributed by atoms with Crippen LogP contribution in [0.1, 0.15) is 0 Å². The van der Waals surface area contributed by atoms with Gasteiger partial charge in [-0.05, 0) is 18.2 Å². The quantitative estimate of drug-likeness (QED) is 0.590. The van der Waals surface area contributed by atoms with Crippen molar-refractivity contribution in [1.29, 1.82) is 0 Å². The second-order valence-electron chi connectivity index (χ2n) is 2.25. The summed E-state index contributed by atoms with van der Waals surface area (Å²) in [5, 5.41) is 13.2. The van der Waals surface area contributed by atoms with Gasteiger partial charge in [0.15, 0.2) is 11.4 Å². The molecule has 1 heterocycles. The van der Waals surface area contributed by atoms with Gasteiger partial charge in [0.25, 0.3) is 0 Å². The molecular weight excluding hydrogens is 144 g/mol. The summed E-state index contributed by atoms with van der Waals surface area (Å²) in [6, 6.07) is 4.65.